The zero-order valence-electron chi connectivity index (χ0n) is 13.9. The molecule has 3 rings (SSSR count). The van der Waals surface area contributed by atoms with Crippen LogP contribution in [0.5, 0.6) is 5.75 Å². The van der Waals surface area contributed by atoms with E-state index in [2.05, 4.69) is 11.1 Å². The van der Waals surface area contributed by atoms with Gasteiger partial charge in [0.25, 0.3) is 0 Å². The fraction of sp³-hybridized carbons (Fsp3) is 0.250. The first kappa shape index (κ1) is 17.2. The van der Waals surface area contributed by atoms with Gasteiger partial charge in [0.05, 0.1) is 18.2 Å². The number of carbonyl (C=O) groups excluding carboxylic acids is 1. The van der Waals surface area contributed by atoms with Crippen LogP contribution in [0.2, 0.25) is 0 Å². The molecule has 0 aromatic heterocycles. The number of methoxy groups -OCH3 is 1. The summed E-state index contributed by atoms with van der Waals surface area (Å²) in [5.74, 6) is 0.634. The summed E-state index contributed by atoms with van der Waals surface area (Å²) in [4.78, 5) is 16.3. The van der Waals surface area contributed by atoms with Crippen molar-refractivity contribution in [2.75, 3.05) is 7.11 Å². The Morgan fingerprint density at radius 3 is 2.76 bits per heavy atom. The number of nitrogens with zero attached hydrogens (tertiary/aromatic N) is 2. The minimum absolute atomic E-state index is 0.171. The van der Waals surface area contributed by atoms with Crippen molar-refractivity contribution in [2.45, 2.75) is 18.1 Å². The van der Waals surface area contributed by atoms with Crippen LogP contribution in [0.15, 0.2) is 59.6 Å². The second-order valence-corrected chi connectivity index (χ2v) is 6.81. The van der Waals surface area contributed by atoms with E-state index in [0.717, 1.165) is 16.9 Å². The van der Waals surface area contributed by atoms with Gasteiger partial charge in [0.15, 0.2) is 0 Å². The second-order valence-electron chi connectivity index (χ2n) is 5.81. The SMILES string of the molecule is COc1cccc(C2CC(=O)N=C(SCc3ccccc3)C2C#N)c1. The van der Waals surface area contributed by atoms with Gasteiger partial charge in [-0.05, 0) is 23.3 Å². The molecule has 1 aliphatic rings. The Morgan fingerprint density at radius 1 is 1.24 bits per heavy atom. The molecule has 1 aliphatic heterocycles. The quantitative estimate of drug-likeness (QED) is 0.830. The third kappa shape index (κ3) is 4.09. The molecule has 0 fully saturated rings. The maximum absolute atomic E-state index is 12.1. The third-order valence-electron chi connectivity index (χ3n) is 4.19. The van der Waals surface area contributed by atoms with Crippen LogP contribution < -0.4 is 4.74 Å². The topological polar surface area (TPSA) is 62.4 Å². The van der Waals surface area contributed by atoms with Crippen molar-refractivity contribution >= 4 is 22.7 Å². The van der Waals surface area contributed by atoms with E-state index in [4.69, 9.17) is 4.74 Å². The summed E-state index contributed by atoms with van der Waals surface area (Å²) in [5.41, 5.74) is 2.08. The van der Waals surface area contributed by atoms with Crippen molar-refractivity contribution in [1.82, 2.24) is 0 Å². The van der Waals surface area contributed by atoms with E-state index in [1.165, 1.54) is 11.8 Å². The molecule has 126 valence electrons. The Bertz CT molecular complexity index is 827. The van der Waals surface area contributed by atoms with Gasteiger partial charge in [-0.3, -0.25) is 4.79 Å². The van der Waals surface area contributed by atoms with Gasteiger partial charge in [0, 0.05) is 18.1 Å². The van der Waals surface area contributed by atoms with Gasteiger partial charge in [-0.2, -0.15) is 5.26 Å². The summed E-state index contributed by atoms with van der Waals surface area (Å²) < 4.78 is 5.27. The summed E-state index contributed by atoms with van der Waals surface area (Å²) in [6.45, 7) is 0. The fourth-order valence-electron chi connectivity index (χ4n) is 2.90. The number of benzene rings is 2. The van der Waals surface area contributed by atoms with Crippen LogP contribution in [0.25, 0.3) is 0 Å². The fourth-order valence-corrected chi connectivity index (χ4v) is 3.97. The van der Waals surface area contributed by atoms with Crippen LogP contribution in [0, 0.1) is 17.2 Å². The molecule has 0 bridgehead atoms. The first-order chi connectivity index (χ1) is 12.2. The second kappa shape index (κ2) is 8.00. The number of amides is 1. The predicted molar refractivity (Wildman–Crippen MR) is 99.6 cm³/mol. The highest BCUT2D eigenvalue weighted by molar-refractivity contribution is 8.13. The van der Waals surface area contributed by atoms with Gasteiger partial charge >= 0.3 is 0 Å². The molecule has 25 heavy (non-hydrogen) atoms. The number of hydrogen-bond acceptors (Lipinski definition) is 4. The van der Waals surface area contributed by atoms with Gasteiger partial charge in [-0.25, -0.2) is 4.99 Å². The number of aliphatic imine (C=N–C) groups is 1. The lowest BCUT2D eigenvalue weighted by atomic mass is 9.83. The van der Waals surface area contributed by atoms with Crippen LogP contribution in [-0.4, -0.2) is 18.1 Å². The van der Waals surface area contributed by atoms with E-state index in [-0.39, 0.29) is 18.2 Å². The normalized spacial score (nSPS) is 19.8. The molecular formula is C20H18N2O2S. The van der Waals surface area contributed by atoms with Crippen molar-refractivity contribution < 1.29 is 9.53 Å². The average molecular weight is 350 g/mol. The zero-order valence-corrected chi connectivity index (χ0v) is 14.7. The summed E-state index contributed by atoms with van der Waals surface area (Å²) in [6.07, 6.45) is 0.251. The molecule has 5 heteroatoms. The molecule has 2 aromatic rings. The zero-order chi connectivity index (χ0) is 17.6. The van der Waals surface area contributed by atoms with Crippen LogP contribution in [0.3, 0.4) is 0 Å². The predicted octanol–water partition coefficient (Wildman–Crippen LogP) is 4.18. The molecule has 1 amide bonds. The highest BCUT2D eigenvalue weighted by Gasteiger charge is 2.34. The molecule has 0 N–H and O–H groups in total. The highest BCUT2D eigenvalue weighted by atomic mass is 32.2. The molecule has 2 aromatic carbocycles. The van der Waals surface area contributed by atoms with Gasteiger partial charge in [-0.15, -0.1) is 11.8 Å². The van der Waals surface area contributed by atoms with Gasteiger partial charge in [0.1, 0.15) is 11.7 Å². The number of rotatable bonds is 4. The Labute approximate surface area is 151 Å². The van der Waals surface area contributed by atoms with Gasteiger partial charge in [-0.1, -0.05) is 42.5 Å². The summed E-state index contributed by atoms with van der Waals surface area (Å²) in [6, 6.07) is 19.9. The van der Waals surface area contributed by atoms with Crippen LogP contribution in [0.4, 0.5) is 0 Å². The largest absolute Gasteiger partial charge is 0.497 e. The first-order valence-corrected chi connectivity index (χ1v) is 9.01. The number of carbonyl (C=O) groups is 1. The molecule has 4 nitrogen and oxygen atoms in total. The summed E-state index contributed by atoms with van der Waals surface area (Å²) in [7, 11) is 1.61. The molecule has 0 radical (unpaired) electrons. The van der Waals surface area contributed by atoms with E-state index in [9.17, 15) is 10.1 Å². The van der Waals surface area contributed by atoms with Crippen molar-refractivity contribution in [3.63, 3.8) is 0 Å². The molecular weight excluding hydrogens is 332 g/mol. The minimum Gasteiger partial charge on any atom is -0.497 e. The lowest BCUT2D eigenvalue weighted by molar-refractivity contribution is -0.118. The van der Waals surface area contributed by atoms with Crippen molar-refractivity contribution in [3.05, 3.63) is 65.7 Å². The van der Waals surface area contributed by atoms with E-state index >= 15 is 0 Å². The number of thioether (sulfide) groups is 1. The monoisotopic (exact) mass is 350 g/mol. The van der Waals surface area contributed by atoms with E-state index in [0.29, 0.717) is 10.8 Å². The Kier molecular flexibility index (Phi) is 5.52. The lowest BCUT2D eigenvalue weighted by Crippen LogP contribution is -2.27. The molecule has 0 aliphatic carbocycles. The van der Waals surface area contributed by atoms with Crippen molar-refractivity contribution in [3.8, 4) is 11.8 Å². The maximum Gasteiger partial charge on any atom is 0.247 e. The first-order valence-electron chi connectivity index (χ1n) is 8.03. The lowest BCUT2D eigenvalue weighted by Gasteiger charge is -2.26. The Morgan fingerprint density at radius 2 is 2.04 bits per heavy atom. The average Bonchev–Trinajstić information content (AvgIpc) is 2.66. The van der Waals surface area contributed by atoms with Crippen molar-refractivity contribution in [2.24, 2.45) is 10.9 Å². The number of nitriles is 1. The third-order valence-corrected chi connectivity index (χ3v) is 5.31. The Hall–Kier alpha value is -2.58. The molecule has 1 heterocycles. The molecule has 2 atom stereocenters. The Balaban J connectivity index is 1.83. The van der Waals surface area contributed by atoms with Crippen LogP contribution in [0.1, 0.15) is 23.5 Å². The molecule has 0 saturated carbocycles. The molecule has 0 saturated heterocycles. The summed E-state index contributed by atoms with van der Waals surface area (Å²) in [5, 5.41) is 10.3. The maximum atomic E-state index is 12.1. The van der Waals surface area contributed by atoms with Gasteiger partial charge in [0.2, 0.25) is 5.91 Å². The number of hydrogen-bond donors (Lipinski definition) is 0. The number of ether oxygens (including phenoxy) is 1. The molecule has 2 unspecified atom stereocenters. The van der Waals surface area contributed by atoms with Crippen LogP contribution >= 0.6 is 11.8 Å². The van der Waals surface area contributed by atoms with Crippen LogP contribution in [-0.2, 0) is 10.5 Å². The standard InChI is InChI=1S/C20H18N2O2S/c1-24-16-9-5-8-15(10-16)17-11-19(23)22-20(18(17)12-21)25-13-14-6-3-2-4-7-14/h2-10,17-18H,11,13H2,1H3. The van der Waals surface area contributed by atoms with E-state index in [1.807, 2.05) is 54.6 Å². The van der Waals surface area contributed by atoms with E-state index in [1.54, 1.807) is 7.11 Å². The summed E-state index contributed by atoms with van der Waals surface area (Å²) >= 11 is 1.47. The highest BCUT2D eigenvalue weighted by Crippen LogP contribution is 2.37. The van der Waals surface area contributed by atoms with Gasteiger partial charge < -0.3 is 4.74 Å². The van der Waals surface area contributed by atoms with E-state index < -0.39 is 5.92 Å². The van der Waals surface area contributed by atoms with Crippen molar-refractivity contribution in [1.29, 1.82) is 5.26 Å². The minimum atomic E-state index is -0.418. The molecule has 0 spiro atoms. The smallest absolute Gasteiger partial charge is 0.247 e.